The number of benzene rings is 1. The van der Waals surface area contributed by atoms with E-state index in [2.05, 4.69) is 0 Å². The number of alkyl halides is 15. The van der Waals surface area contributed by atoms with E-state index in [4.69, 9.17) is 0 Å². The van der Waals surface area contributed by atoms with E-state index in [9.17, 15) is 65.9 Å². The molecular weight excluding hydrogens is 548 g/mol. The van der Waals surface area contributed by atoms with Gasteiger partial charge in [0.1, 0.15) is 0 Å². The van der Waals surface area contributed by atoms with Gasteiger partial charge >= 0.3 is 148 Å². The normalized spacial score (nSPS) is 15.7. The van der Waals surface area contributed by atoms with Crippen molar-refractivity contribution >= 4 is 22.0 Å². The molecule has 0 aliphatic rings. The van der Waals surface area contributed by atoms with Crippen molar-refractivity contribution in [3.05, 3.63) is 30.3 Å². The summed E-state index contributed by atoms with van der Waals surface area (Å²) in [6.45, 7) is 0. The monoisotopic (exact) mass is 554 g/mol. The maximum absolute atomic E-state index is 14.0. The quantitative estimate of drug-likeness (QED) is 0.339. The summed E-state index contributed by atoms with van der Waals surface area (Å²) in [6.07, 6.45) is -22.7. The van der Waals surface area contributed by atoms with Crippen molar-refractivity contribution in [1.29, 1.82) is 0 Å². The Morgan fingerprint density at radius 3 is 0.893 bits per heavy atom. The minimum absolute atomic E-state index is 0.187. The number of hydrogen-bond acceptors (Lipinski definition) is 0. The molecular formula is C12H5F15Sn. The SMILES string of the molecule is FC(F)(F)[C](F)(F)[Sn]([c]1ccccc1)([C](F)(F)C(F)(F)F)[C](F)(F)C(F)(F)F. The Labute approximate surface area is 149 Å². The fraction of sp³-hybridized carbons (Fsp3) is 0.500. The Morgan fingerprint density at radius 2 is 0.679 bits per heavy atom. The van der Waals surface area contributed by atoms with E-state index in [0.29, 0.717) is 6.07 Å². The zero-order valence-corrected chi connectivity index (χ0v) is 15.4. The van der Waals surface area contributed by atoms with E-state index in [-0.39, 0.29) is 12.1 Å². The maximum atomic E-state index is 14.0. The molecule has 0 heterocycles. The van der Waals surface area contributed by atoms with Gasteiger partial charge in [0.25, 0.3) is 0 Å². The third kappa shape index (κ3) is 3.20. The molecule has 1 aromatic rings. The van der Waals surface area contributed by atoms with Crippen LogP contribution in [0.1, 0.15) is 0 Å². The van der Waals surface area contributed by atoms with Crippen LogP contribution in [0.5, 0.6) is 0 Å². The van der Waals surface area contributed by atoms with E-state index < -0.39 is 64.4 Å². The molecule has 0 amide bonds. The van der Waals surface area contributed by atoms with Crippen molar-refractivity contribution < 1.29 is 65.9 Å². The summed E-state index contributed by atoms with van der Waals surface area (Å²) in [7, 11) is 0. The average Bonchev–Trinajstić information content (AvgIpc) is 2.44. The molecule has 1 aromatic carbocycles. The summed E-state index contributed by atoms with van der Waals surface area (Å²) in [6, 6.07) is 0.0894. The first-order chi connectivity index (χ1) is 12.1. The molecule has 0 nitrogen and oxygen atoms in total. The van der Waals surface area contributed by atoms with Gasteiger partial charge in [0.15, 0.2) is 0 Å². The fourth-order valence-corrected chi connectivity index (χ4v) is 14.6. The topological polar surface area (TPSA) is 0 Å². The summed E-state index contributed by atoms with van der Waals surface area (Å²) in [5.41, 5.74) is 0. The molecule has 0 aromatic heterocycles. The summed E-state index contributed by atoms with van der Waals surface area (Å²) in [5.74, 6) is 0. The zero-order valence-electron chi connectivity index (χ0n) is 12.6. The van der Waals surface area contributed by atoms with Crippen molar-refractivity contribution in [3.8, 4) is 0 Å². The second-order valence-electron chi connectivity index (χ2n) is 5.33. The third-order valence-electron chi connectivity index (χ3n) is 3.69. The van der Waals surface area contributed by atoms with Gasteiger partial charge in [-0.3, -0.25) is 0 Å². The average molecular weight is 553 g/mol. The zero-order chi connectivity index (χ0) is 22.6. The van der Waals surface area contributed by atoms with Crippen LogP contribution in [0.4, 0.5) is 65.9 Å². The minimum atomic E-state index is -10.8. The van der Waals surface area contributed by atoms with E-state index in [1.165, 1.54) is 0 Å². The fourth-order valence-electron chi connectivity index (χ4n) is 2.46. The number of halogens is 15. The van der Waals surface area contributed by atoms with Crippen LogP contribution in [0.25, 0.3) is 0 Å². The molecule has 0 saturated heterocycles. The molecule has 0 saturated carbocycles. The molecule has 162 valence electrons. The van der Waals surface area contributed by atoms with Gasteiger partial charge < -0.3 is 0 Å². The molecule has 0 unspecified atom stereocenters. The number of rotatable bonds is 4. The van der Waals surface area contributed by atoms with Crippen molar-refractivity contribution in [3.63, 3.8) is 0 Å². The predicted molar refractivity (Wildman–Crippen MR) is 64.8 cm³/mol. The Morgan fingerprint density at radius 1 is 0.429 bits per heavy atom. The van der Waals surface area contributed by atoms with Crippen LogP contribution in [-0.4, -0.2) is 48.7 Å². The van der Waals surface area contributed by atoms with Crippen LogP contribution in [-0.2, 0) is 0 Å². The van der Waals surface area contributed by atoms with E-state index >= 15 is 0 Å². The molecule has 0 spiro atoms. The molecule has 1 rings (SSSR count). The van der Waals surface area contributed by atoms with Crippen LogP contribution in [0.2, 0.25) is 0 Å². The third-order valence-corrected chi connectivity index (χ3v) is 17.6. The van der Waals surface area contributed by atoms with Crippen LogP contribution < -0.4 is 3.58 Å². The van der Waals surface area contributed by atoms with E-state index in [1.807, 2.05) is 0 Å². The van der Waals surface area contributed by atoms with Crippen molar-refractivity contribution in [2.75, 3.05) is 0 Å². The van der Waals surface area contributed by atoms with Gasteiger partial charge in [-0.05, 0) is 0 Å². The Bertz CT molecular complexity index is 617. The van der Waals surface area contributed by atoms with Gasteiger partial charge in [-0.1, -0.05) is 0 Å². The molecule has 0 bridgehead atoms. The van der Waals surface area contributed by atoms with Gasteiger partial charge in [-0.25, -0.2) is 0 Å². The summed E-state index contributed by atoms with van der Waals surface area (Å²) >= 11 is -10.8. The van der Waals surface area contributed by atoms with Crippen molar-refractivity contribution in [2.24, 2.45) is 0 Å². The van der Waals surface area contributed by atoms with Gasteiger partial charge in [0.05, 0.1) is 0 Å². The van der Waals surface area contributed by atoms with Gasteiger partial charge in [-0.2, -0.15) is 0 Å². The molecule has 28 heavy (non-hydrogen) atoms. The summed E-state index contributed by atoms with van der Waals surface area (Å²) in [4.78, 5) is 0. The van der Waals surface area contributed by atoms with Crippen LogP contribution in [0, 0.1) is 0 Å². The van der Waals surface area contributed by atoms with Gasteiger partial charge in [-0.15, -0.1) is 0 Å². The summed E-state index contributed by atoms with van der Waals surface area (Å²) < 4.78 is 173. The van der Waals surface area contributed by atoms with Gasteiger partial charge in [0, 0.05) is 0 Å². The molecule has 0 N–H and O–H groups in total. The Kier molecular flexibility index (Phi) is 6.03. The van der Waals surface area contributed by atoms with Crippen LogP contribution >= 0.6 is 0 Å². The van der Waals surface area contributed by atoms with E-state index in [0.717, 1.165) is 0 Å². The Hall–Kier alpha value is -1.03. The van der Waals surface area contributed by atoms with Gasteiger partial charge in [0.2, 0.25) is 0 Å². The second-order valence-corrected chi connectivity index (χ2v) is 16.6. The van der Waals surface area contributed by atoms with Crippen molar-refractivity contribution in [2.45, 2.75) is 30.3 Å². The Balaban J connectivity index is 4.38. The van der Waals surface area contributed by atoms with Crippen molar-refractivity contribution in [1.82, 2.24) is 0 Å². The molecule has 0 aliphatic carbocycles. The molecule has 0 atom stereocenters. The van der Waals surface area contributed by atoms with Crippen LogP contribution in [0.3, 0.4) is 0 Å². The molecule has 0 radical (unpaired) electrons. The molecule has 16 heteroatoms. The molecule has 0 aliphatic heterocycles. The first kappa shape index (κ1) is 25.0. The first-order valence-corrected chi connectivity index (χ1v) is 12.2. The summed E-state index contributed by atoms with van der Waals surface area (Å²) in [5, 5.41) is 0. The number of hydrogen-bond donors (Lipinski definition) is 0. The second kappa shape index (κ2) is 6.75. The molecule has 0 fully saturated rings. The predicted octanol–water partition coefficient (Wildman–Crippen LogP) is 5.55. The van der Waals surface area contributed by atoms with Crippen LogP contribution in [0.15, 0.2) is 30.3 Å². The standard InChI is InChI=1S/C6H5.3C2F5.Sn/c1-2-4-6-5-3-1;3*3-1(4)2(5,6)7;/h1-5H;;;;. The first-order valence-electron chi connectivity index (χ1n) is 6.50. The van der Waals surface area contributed by atoms with E-state index in [1.54, 1.807) is 0 Å².